The van der Waals surface area contributed by atoms with E-state index in [9.17, 15) is 10.1 Å². The van der Waals surface area contributed by atoms with Crippen LogP contribution in [-0.4, -0.2) is 17.3 Å². The SMILES string of the molecule is CSc1cccc(NCc2cc(C(=O)O)c(C)o2)c1C#N. The molecule has 21 heavy (non-hydrogen) atoms. The Hall–Kier alpha value is -2.39. The Bertz CT molecular complexity index is 716. The van der Waals surface area contributed by atoms with Crippen molar-refractivity contribution in [3.8, 4) is 6.07 Å². The van der Waals surface area contributed by atoms with Gasteiger partial charge in [0.25, 0.3) is 0 Å². The van der Waals surface area contributed by atoms with Gasteiger partial charge in [0.1, 0.15) is 23.2 Å². The van der Waals surface area contributed by atoms with Crippen molar-refractivity contribution in [2.24, 2.45) is 0 Å². The van der Waals surface area contributed by atoms with Crippen molar-refractivity contribution in [3.05, 3.63) is 46.9 Å². The van der Waals surface area contributed by atoms with Gasteiger partial charge in [-0.15, -0.1) is 11.8 Å². The Kier molecular flexibility index (Phi) is 4.55. The standard InChI is InChI=1S/C15H14N2O3S/c1-9-11(15(18)19)6-10(20-9)8-17-13-4-3-5-14(21-2)12(13)7-16/h3-6,17H,8H2,1-2H3,(H,18,19). The molecule has 0 aliphatic rings. The molecule has 1 aromatic heterocycles. The number of nitrogens with zero attached hydrogens (tertiary/aromatic N) is 1. The van der Waals surface area contributed by atoms with Crippen molar-refractivity contribution in [3.63, 3.8) is 0 Å². The second-order valence-corrected chi connectivity index (χ2v) is 5.18. The largest absolute Gasteiger partial charge is 0.478 e. The summed E-state index contributed by atoms with van der Waals surface area (Å²) in [7, 11) is 0. The molecule has 2 N–H and O–H groups in total. The summed E-state index contributed by atoms with van der Waals surface area (Å²) < 4.78 is 5.40. The third-order valence-electron chi connectivity index (χ3n) is 3.01. The number of rotatable bonds is 5. The summed E-state index contributed by atoms with van der Waals surface area (Å²) in [5.74, 6) is -0.120. The highest BCUT2D eigenvalue weighted by Gasteiger charge is 2.14. The van der Waals surface area contributed by atoms with Gasteiger partial charge in [-0.1, -0.05) is 6.07 Å². The summed E-state index contributed by atoms with van der Waals surface area (Å²) in [6.45, 7) is 1.93. The average Bonchev–Trinajstić information content (AvgIpc) is 2.85. The van der Waals surface area contributed by atoms with Gasteiger partial charge in [-0.3, -0.25) is 0 Å². The van der Waals surface area contributed by atoms with E-state index in [4.69, 9.17) is 9.52 Å². The molecule has 0 saturated heterocycles. The third kappa shape index (κ3) is 3.20. The number of anilines is 1. The molecule has 0 aliphatic carbocycles. The highest BCUT2D eigenvalue weighted by atomic mass is 32.2. The summed E-state index contributed by atoms with van der Waals surface area (Å²) >= 11 is 1.50. The van der Waals surface area contributed by atoms with Crippen molar-refractivity contribution >= 4 is 23.4 Å². The number of benzene rings is 1. The smallest absolute Gasteiger partial charge is 0.339 e. The zero-order valence-electron chi connectivity index (χ0n) is 11.6. The highest BCUT2D eigenvalue weighted by molar-refractivity contribution is 7.98. The average molecular weight is 302 g/mol. The number of nitrogens with one attached hydrogen (secondary N) is 1. The molecule has 5 nitrogen and oxygen atoms in total. The number of carbonyl (C=O) groups is 1. The van der Waals surface area contributed by atoms with Crippen LogP contribution >= 0.6 is 11.8 Å². The van der Waals surface area contributed by atoms with Crippen LogP contribution in [0.5, 0.6) is 0 Å². The maximum Gasteiger partial charge on any atom is 0.339 e. The molecule has 0 amide bonds. The van der Waals surface area contributed by atoms with Crippen molar-refractivity contribution < 1.29 is 14.3 Å². The van der Waals surface area contributed by atoms with E-state index in [0.29, 0.717) is 29.3 Å². The molecular formula is C15H14N2O3S. The van der Waals surface area contributed by atoms with E-state index in [0.717, 1.165) is 4.90 Å². The lowest BCUT2D eigenvalue weighted by molar-refractivity contribution is 0.0695. The molecule has 0 saturated carbocycles. The summed E-state index contributed by atoms with van der Waals surface area (Å²) in [4.78, 5) is 11.9. The van der Waals surface area contributed by atoms with Crippen LogP contribution in [0, 0.1) is 18.3 Å². The fraction of sp³-hybridized carbons (Fsp3) is 0.200. The molecule has 1 heterocycles. The summed E-state index contributed by atoms with van der Waals surface area (Å²) in [5.41, 5.74) is 1.44. The number of aromatic carboxylic acids is 1. The molecule has 0 aliphatic heterocycles. The van der Waals surface area contributed by atoms with Crippen molar-refractivity contribution in [1.82, 2.24) is 0 Å². The van der Waals surface area contributed by atoms with Gasteiger partial charge in [0.15, 0.2) is 0 Å². The van der Waals surface area contributed by atoms with Gasteiger partial charge in [0.05, 0.1) is 17.8 Å². The predicted octanol–water partition coefficient (Wildman–Crippen LogP) is 3.49. The molecule has 0 unspecified atom stereocenters. The number of thioether (sulfide) groups is 1. The van der Waals surface area contributed by atoms with Crippen molar-refractivity contribution in [1.29, 1.82) is 5.26 Å². The number of hydrogen-bond donors (Lipinski definition) is 2. The molecule has 0 atom stereocenters. The Morgan fingerprint density at radius 2 is 2.29 bits per heavy atom. The fourth-order valence-electron chi connectivity index (χ4n) is 1.99. The monoisotopic (exact) mass is 302 g/mol. The Morgan fingerprint density at radius 1 is 1.52 bits per heavy atom. The van der Waals surface area contributed by atoms with Gasteiger partial charge in [-0.2, -0.15) is 5.26 Å². The van der Waals surface area contributed by atoms with E-state index in [1.165, 1.54) is 17.8 Å². The molecule has 108 valence electrons. The minimum atomic E-state index is -1.01. The van der Waals surface area contributed by atoms with E-state index in [-0.39, 0.29) is 5.56 Å². The predicted molar refractivity (Wildman–Crippen MR) is 80.7 cm³/mol. The van der Waals surface area contributed by atoms with Gasteiger partial charge < -0.3 is 14.8 Å². The van der Waals surface area contributed by atoms with Gasteiger partial charge in [-0.25, -0.2) is 4.79 Å². The van der Waals surface area contributed by atoms with E-state index in [2.05, 4.69) is 11.4 Å². The molecule has 0 bridgehead atoms. The molecule has 0 spiro atoms. The van der Waals surface area contributed by atoms with Gasteiger partial charge in [-0.05, 0) is 31.4 Å². The van der Waals surface area contributed by atoms with Crippen LogP contribution in [0.25, 0.3) is 0 Å². The number of hydrogen-bond acceptors (Lipinski definition) is 5. The minimum Gasteiger partial charge on any atom is -0.478 e. The van der Waals surface area contributed by atoms with Crippen LogP contribution in [0.3, 0.4) is 0 Å². The lowest BCUT2D eigenvalue weighted by Crippen LogP contribution is -2.01. The molecule has 1 aromatic carbocycles. The Morgan fingerprint density at radius 3 is 2.86 bits per heavy atom. The number of aryl methyl sites for hydroxylation is 1. The van der Waals surface area contributed by atoms with Crippen molar-refractivity contribution in [2.75, 3.05) is 11.6 Å². The molecule has 0 fully saturated rings. The van der Waals surface area contributed by atoms with Crippen LogP contribution in [-0.2, 0) is 6.54 Å². The van der Waals surface area contributed by atoms with Gasteiger partial charge in [0, 0.05) is 4.90 Å². The molecular weight excluding hydrogens is 288 g/mol. The second kappa shape index (κ2) is 6.37. The maximum atomic E-state index is 11.0. The quantitative estimate of drug-likeness (QED) is 0.822. The van der Waals surface area contributed by atoms with Crippen LogP contribution in [0.1, 0.15) is 27.4 Å². The molecule has 0 radical (unpaired) electrons. The second-order valence-electron chi connectivity index (χ2n) is 4.34. The fourth-order valence-corrected chi connectivity index (χ4v) is 2.56. The van der Waals surface area contributed by atoms with Crippen LogP contribution < -0.4 is 5.32 Å². The van der Waals surface area contributed by atoms with Crippen LogP contribution in [0.2, 0.25) is 0 Å². The minimum absolute atomic E-state index is 0.158. The van der Waals surface area contributed by atoms with E-state index < -0.39 is 5.97 Å². The number of furan rings is 1. The third-order valence-corrected chi connectivity index (χ3v) is 3.79. The number of carboxylic acids is 1. The first-order valence-corrected chi connectivity index (χ1v) is 7.43. The molecule has 6 heteroatoms. The van der Waals surface area contributed by atoms with Crippen LogP contribution in [0.4, 0.5) is 5.69 Å². The first-order valence-electron chi connectivity index (χ1n) is 6.20. The number of nitriles is 1. The van der Waals surface area contributed by atoms with Crippen LogP contribution in [0.15, 0.2) is 33.6 Å². The first kappa shape index (κ1) is 15.0. The zero-order chi connectivity index (χ0) is 15.4. The first-order chi connectivity index (χ1) is 10.1. The Labute approximate surface area is 126 Å². The normalized spacial score (nSPS) is 10.1. The van der Waals surface area contributed by atoms with Crippen molar-refractivity contribution in [2.45, 2.75) is 18.4 Å². The lowest BCUT2D eigenvalue weighted by atomic mass is 10.2. The zero-order valence-corrected chi connectivity index (χ0v) is 12.5. The van der Waals surface area contributed by atoms with E-state index in [1.807, 2.05) is 24.5 Å². The highest BCUT2D eigenvalue weighted by Crippen LogP contribution is 2.27. The lowest BCUT2D eigenvalue weighted by Gasteiger charge is -2.09. The molecule has 2 rings (SSSR count). The summed E-state index contributed by atoms with van der Waals surface area (Å²) in [5, 5.41) is 21.3. The van der Waals surface area contributed by atoms with Gasteiger partial charge >= 0.3 is 5.97 Å². The van der Waals surface area contributed by atoms with Gasteiger partial charge in [0.2, 0.25) is 0 Å². The maximum absolute atomic E-state index is 11.0. The van der Waals surface area contributed by atoms with E-state index in [1.54, 1.807) is 6.92 Å². The molecule has 2 aromatic rings. The van der Waals surface area contributed by atoms with E-state index >= 15 is 0 Å². The summed E-state index contributed by atoms with van der Waals surface area (Å²) in [6, 6.07) is 9.23. The summed E-state index contributed by atoms with van der Waals surface area (Å²) in [6.07, 6.45) is 1.91. The number of carboxylic acid groups (broad SMARTS) is 1. The Balaban J connectivity index is 2.19. The topological polar surface area (TPSA) is 86.3 Å².